The van der Waals surface area contributed by atoms with E-state index in [2.05, 4.69) is 11.9 Å². The Morgan fingerprint density at radius 2 is 2.30 bits per heavy atom. The second-order valence-corrected chi connectivity index (χ2v) is 5.77. The number of carbonyl (C=O) groups is 1. The number of likely N-dealkylation sites (N-methyl/N-ethyl adjacent to an activating group) is 1. The first-order valence-electron chi connectivity index (χ1n) is 7.20. The van der Waals surface area contributed by atoms with E-state index < -0.39 is 5.97 Å². The van der Waals surface area contributed by atoms with Crippen molar-refractivity contribution in [2.45, 2.75) is 19.4 Å². The molecule has 1 heterocycles. The lowest BCUT2D eigenvalue weighted by atomic mass is 10.2. The third-order valence-electron chi connectivity index (χ3n) is 3.53. The number of nitrogens with zero attached hydrogens (tertiary/aromatic N) is 1. The number of carbonyl (C=O) groups excluding carboxylic acids is 1. The molecule has 0 aromatic carbocycles. The minimum Gasteiger partial charge on any atom is -0.467 e. The summed E-state index contributed by atoms with van der Waals surface area (Å²) in [4.78, 5) is 13.5. The SMILES string of the molecule is C=C(NC(C(=O)OC)=C(Cl)C(=N)N(C)Cc1ccco1)C1CC1. The Hall–Kier alpha value is -2.21. The molecule has 0 radical (unpaired) electrons. The Morgan fingerprint density at radius 3 is 2.83 bits per heavy atom. The molecule has 1 saturated carbocycles. The van der Waals surface area contributed by atoms with Crippen LogP contribution in [0.1, 0.15) is 18.6 Å². The van der Waals surface area contributed by atoms with E-state index >= 15 is 0 Å². The Bertz CT molecular complexity index is 633. The van der Waals surface area contributed by atoms with Gasteiger partial charge < -0.3 is 19.4 Å². The van der Waals surface area contributed by atoms with Crippen molar-refractivity contribution in [3.8, 4) is 0 Å². The number of rotatable bonds is 7. The summed E-state index contributed by atoms with van der Waals surface area (Å²) in [5.41, 5.74) is 0.743. The molecule has 1 aliphatic rings. The third kappa shape index (κ3) is 4.39. The van der Waals surface area contributed by atoms with Crippen LogP contribution in [0.5, 0.6) is 0 Å². The summed E-state index contributed by atoms with van der Waals surface area (Å²) in [6.07, 6.45) is 3.63. The molecule has 2 rings (SSSR count). The summed E-state index contributed by atoms with van der Waals surface area (Å²) in [6.45, 7) is 4.27. The van der Waals surface area contributed by atoms with E-state index in [1.54, 1.807) is 30.3 Å². The first-order valence-corrected chi connectivity index (χ1v) is 7.58. The quantitative estimate of drug-likeness (QED) is 0.346. The summed E-state index contributed by atoms with van der Waals surface area (Å²) >= 11 is 6.25. The second-order valence-electron chi connectivity index (χ2n) is 5.39. The van der Waals surface area contributed by atoms with Gasteiger partial charge in [0.2, 0.25) is 0 Å². The third-order valence-corrected chi connectivity index (χ3v) is 3.90. The number of ether oxygens (including phenoxy) is 1. The average Bonchev–Trinajstić information content (AvgIpc) is 3.28. The Balaban J connectivity index is 2.15. The van der Waals surface area contributed by atoms with Crippen LogP contribution in [0.3, 0.4) is 0 Å². The molecule has 7 heteroatoms. The maximum atomic E-state index is 12.0. The number of hydrogen-bond donors (Lipinski definition) is 2. The Kier molecular flexibility index (Phi) is 5.50. The number of allylic oxidation sites excluding steroid dienone is 1. The van der Waals surface area contributed by atoms with Crippen molar-refractivity contribution in [3.63, 3.8) is 0 Å². The number of hydrogen-bond acceptors (Lipinski definition) is 5. The standard InChI is InChI=1S/C16H20ClN3O3/c1-10(11-6-7-11)19-14(16(21)22-3)13(17)15(18)20(2)9-12-5-4-8-23-12/h4-5,8,11,18-19H,1,6-7,9H2,2-3H3. The minimum absolute atomic E-state index is 0.0143. The molecule has 0 bridgehead atoms. The molecule has 23 heavy (non-hydrogen) atoms. The van der Waals surface area contributed by atoms with Gasteiger partial charge in [-0.1, -0.05) is 18.2 Å². The lowest BCUT2D eigenvalue weighted by molar-refractivity contribution is -0.136. The number of esters is 1. The van der Waals surface area contributed by atoms with Crippen LogP contribution in [-0.4, -0.2) is 30.9 Å². The molecule has 0 amide bonds. The molecule has 1 fully saturated rings. The van der Waals surface area contributed by atoms with Crippen molar-refractivity contribution < 1.29 is 13.9 Å². The van der Waals surface area contributed by atoms with Crippen LogP contribution < -0.4 is 5.32 Å². The topological polar surface area (TPSA) is 78.6 Å². The molecular formula is C16H20ClN3O3. The molecule has 0 saturated heterocycles. The normalized spacial score (nSPS) is 14.7. The number of amidine groups is 1. The highest BCUT2D eigenvalue weighted by atomic mass is 35.5. The highest BCUT2D eigenvalue weighted by Gasteiger charge is 2.28. The van der Waals surface area contributed by atoms with E-state index in [1.807, 2.05) is 0 Å². The molecule has 2 N–H and O–H groups in total. The summed E-state index contributed by atoms with van der Waals surface area (Å²) in [5.74, 6) is 0.387. The number of nitrogens with one attached hydrogen (secondary N) is 2. The van der Waals surface area contributed by atoms with E-state index in [4.69, 9.17) is 26.2 Å². The van der Waals surface area contributed by atoms with Gasteiger partial charge in [-0.15, -0.1) is 0 Å². The van der Waals surface area contributed by atoms with E-state index in [-0.39, 0.29) is 16.6 Å². The van der Waals surface area contributed by atoms with Crippen molar-refractivity contribution in [1.29, 1.82) is 5.41 Å². The first kappa shape index (κ1) is 17.1. The predicted octanol–water partition coefficient (Wildman–Crippen LogP) is 2.83. The van der Waals surface area contributed by atoms with Crippen molar-refractivity contribution in [2.75, 3.05) is 14.2 Å². The molecule has 0 unspecified atom stereocenters. The largest absolute Gasteiger partial charge is 0.467 e. The highest BCUT2D eigenvalue weighted by molar-refractivity contribution is 6.44. The first-order chi connectivity index (χ1) is 10.9. The fraction of sp³-hybridized carbons (Fsp3) is 0.375. The van der Waals surface area contributed by atoms with Gasteiger partial charge in [0, 0.05) is 12.7 Å². The van der Waals surface area contributed by atoms with Gasteiger partial charge in [0.25, 0.3) is 0 Å². The Labute approximate surface area is 140 Å². The maximum absolute atomic E-state index is 12.0. The van der Waals surface area contributed by atoms with Crippen molar-refractivity contribution in [2.24, 2.45) is 5.92 Å². The lowest BCUT2D eigenvalue weighted by Crippen LogP contribution is -2.30. The number of furan rings is 1. The molecule has 0 spiro atoms. The Morgan fingerprint density at radius 1 is 1.61 bits per heavy atom. The fourth-order valence-electron chi connectivity index (χ4n) is 1.99. The van der Waals surface area contributed by atoms with Crippen molar-refractivity contribution in [3.05, 3.63) is 47.2 Å². The van der Waals surface area contributed by atoms with E-state index in [1.165, 1.54) is 7.11 Å². The fourth-order valence-corrected chi connectivity index (χ4v) is 2.26. The van der Waals surface area contributed by atoms with Crippen LogP contribution >= 0.6 is 11.6 Å². The molecule has 124 valence electrons. The van der Waals surface area contributed by atoms with Crippen LogP contribution in [0.2, 0.25) is 0 Å². The number of halogens is 1. The van der Waals surface area contributed by atoms with Gasteiger partial charge in [0.05, 0.1) is 19.9 Å². The van der Waals surface area contributed by atoms with Gasteiger partial charge >= 0.3 is 5.97 Å². The summed E-state index contributed by atoms with van der Waals surface area (Å²) in [5, 5.41) is 11.1. The van der Waals surface area contributed by atoms with Gasteiger partial charge in [-0.05, 0) is 30.9 Å². The van der Waals surface area contributed by atoms with Crippen molar-refractivity contribution >= 4 is 23.4 Å². The van der Waals surface area contributed by atoms with Gasteiger partial charge in [0.1, 0.15) is 22.3 Å². The summed E-state index contributed by atoms with van der Waals surface area (Å²) in [6, 6.07) is 3.57. The number of methoxy groups -OCH3 is 1. The molecule has 1 aromatic rings. The van der Waals surface area contributed by atoms with Crippen LogP contribution in [0.4, 0.5) is 0 Å². The van der Waals surface area contributed by atoms with E-state index in [9.17, 15) is 4.79 Å². The lowest BCUT2D eigenvalue weighted by Gasteiger charge is -2.20. The second kappa shape index (κ2) is 7.37. The van der Waals surface area contributed by atoms with Gasteiger partial charge in [-0.3, -0.25) is 5.41 Å². The summed E-state index contributed by atoms with van der Waals surface area (Å²) in [7, 11) is 2.96. The van der Waals surface area contributed by atoms with Crippen molar-refractivity contribution in [1.82, 2.24) is 10.2 Å². The smallest absolute Gasteiger partial charge is 0.356 e. The highest BCUT2D eigenvalue weighted by Crippen LogP contribution is 2.34. The molecule has 6 nitrogen and oxygen atoms in total. The summed E-state index contributed by atoms with van der Waals surface area (Å²) < 4.78 is 10.0. The van der Waals surface area contributed by atoms with E-state index in [0.29, 0.717) is 23.9 Å². The zero-order valence-electron chi connectivity index (χ0n) is 13.2. The zero-order chi connectivity index (χ0) is 17.0. The average molecular weight is 338 g/mol. The van der Waals surface area contributed by atoms with Gasteiger partial charge in [0.15, 0.2) is 0 Å². The minimum atomic E-state index is -0.632. The zero-order valence-corrected chi connectivity index (χ0v) is 13.9. The van der Waals surface area contributed by atoms with Crippen LogP contribution in [0.25, 0.3) is 0 Å². The van der Waals surface area contributed by atoms with Crippen LogP contribution in [0.15, 0.2) is 45.8 Å². The predicted molar refractivity (Wildman–Crippen MR) is 87.8 cm³/mol. The van der Waals surface area contributed by atoms with Crippen LogP contribution in [-0.2, 0) is 16.1 Å². The molecule has 0 aliphatic heterocycles. The molecule has 0 atom stereocenters. The van der Waals surface area contributed by atoms with Gasteiger partial charge in [-0.25, -0.2) is 4.79 Å². The van der Waals surface area contributed by atoms with Crippen LogP contribution in [0, 0.1) is 11.3 Å². The van der Waals surface area contributed by atoms with Gasteiger partial charge in [-0.2, -0.15) is 0 Å². The molecule has 1 aliphatic carbocycles. The molecular weight excluding hydrogens is 318 g/mol. The van der Waals surface area contributed by atoms with E-state index in [0.717, 1.165) is 12.8 Å². The monoisotopic (exact) mass is 337 g/mol. The maximum Gasteiger partial charge on any atom is 0.356 e. The molecule has 1 aromatic heterocycles.